The summed E-state index contributed by atoms with van der Waals surface area (Å²) in [4.78, 5) is 29.2. The van der Waals surface area contributed by atoms with E-state index < -0.39 is 11.9 Å². The van der Waals surface area contributed by atoms with Crippen molar-refractivity contribution in [2.45, 2.75) is 6.92 Å². The highest BCUT2D eigenvalue weighted by Crippen LogP contribution is 1.89. The molecule has 7 nitrogen and oxygen atoms in total. The number of hydrogen-bond donors (Lipinski definition) is 2. The number of carbonyl (C=O) groups excluding carboxylic acids is 2. The molecular weight excluding hydrogens is 182 g/mol. The smallest absolute Gasteiger partial charge is 0.300 e. The molecule has 0 aromatic heterocycles. The molecule has 0 radical (unpaired) electrons. The zero-order chi connectivity index (χ0) is 10.3. The van der Waals surface area contributed by atoms with E-state index in [1.54, 1.807) is 6.92 Å². The summed E-state index contributed by atoms with van der Waals surface area (Å²) in [6, 6.07) is 0. The first-order chi connectivity index (χ1) is 6.13. The molecule has 0 amide bonds. The van der Waals surface area contributed by atoms with Crippen LogP contribution in [0.2, 0.25) is 0 Å². The maximum absolute atomic E-state index is 10.5. The van der Waals surface area contributed by atoms with Gasteiger partial charge < -0.3 is 0 Å². The van der Waals surface area contributed by atoms with Crippen molar-refractivity contribution in [3.63, 3.8) is 0 Å². The Hall–Kier alpha value is -1.18. The zero-order valence-corrected chi connectivity index (χ0v) is 7.10. The van der Waals surface area contributed by atoms with E-state index in [2.05, 4.69) is 9.78 Å². The van der Waals surface area contributed by atoms with E-state index in [0.29, 0.717) is 6.54 Å². The number of rotatable bonds is 5. The van der Waals surface area contributed by atoms with Crippen molar-refractivity contribution in [2.24, 2.45) is 0 Å². The molecule has 0 fully saturated rings. The molecule has 0 saturated carbocycles. The summed E-state index contributed by atoms with van der Waals surface area (Å²) in [5.41, 5.74) is 0. The van der Waals surface area contributed by atoms with Gasteiger partial charge in [-0.2, -0.15) is 10.5 Å². The average molecular weight is 193 g/mol. The Morgan fingerprint density at radius 3 is 1.77 bits per heavy atom. The van der Waals surface area contributed by atoms with Gasteiger partial charge in [0.25, 0.3) is 0 Å². The minimum absolute atomic E-state index is 0.248. The van der Waals surface area contributed by atoms with Gasteiger partial charge in [-0.15, -0.1) is 0 Å². The second-order valence-corrected chi connectivity index (χ2v) is 2.23. The topological polar surface area (TPSA) is 96.3 Å². The largest absolute Gasteiger partial charge is 0.355 e. The quantitative estimate of drug-likeness (QED) is 0.442. The second kappa shape index (κ2) is 6.35. The van der Waals surface area contributed by atoms with E-state index in [0.717, 1.165) is 0 Å². The molecule has 0 heterocycles. The number of likely N-dealkylation sites (N-methyl/N-ethyl adjacent to an activating group) is 1. The lowest BCUT2D eigenvalue weighted by Gasteiger charge is -2.15. The first-order valence-corrected chi connectivity index (χ1v) is 3.54. The molecule has 0 atom stereocenters. The molecule has 0 aromatic carbocycles. The third-order valence-electron chi connectivity index (χ3n) is 1.36. The fraction of sp³-hybridized carbons (Fsp3) is 0.667. The first-order valence-electron chi connectivity index (χ1n) is 3.54. The van der Waals surface area contributed by atoms with E-state index >= 15 is 0 Å². The monoisotopic (exact) mass is 193 g/mol. The number of nitrogens with zero attached hydrogens (tertiary/aromatic N) is 1. The summed E-state index contributed by atoms with van der Waals surface area (Å²) < 4.78 is 0. The molecular formula is C6H11NO6. The Kier molecular flexibility index (Phi) is 5.77. The van der Waals surface area contributed by atoms with Crippen molar-refractivity contribution in [3.05, 3.63) is 0 Å². The predicted molar refractivity (Wildman–Crippen MR) is 39.6 cm³/mol. The van der Waals surface area contributed by atoms with E-state index in [1.165, 1.54) is 4.90 Å². The molecule has 0 aliphatic heterocycles. The summed E-state index contributed by atoms with van der Waals surface area (Å²) in [6.07, 6.45) is 0. The Bertz CT molecular complexity index is 164. The maximum Gasteiger partial charge on any atom is 0.355 e. The highest BCUT2D eigenvalue weighted by Gasteiger charge is 2.14. The molecule has 0 aliphatic rings. The highest BCUT2D eigenvalue weighted by molar-refractivity contribution is 5.74. The molecule has 0 unspecified atom stereocenters. The van der Waals surface area contributed by atoms with Gasteiger partial charge in [-0.1, -0.05) is 6.92 Å². The fourth-order valence-electron chi connectivity index (χ4n) is 0.702. The molecule has 0 aromatic rings. The van der Waals surface area contributed by atoms with Crippen LogP contribution in [0.1, 0.15) is 6.92 Å². The van der Waals surface area contributed by atoms with Gasteiger partial charge in [-0.05, 0) is 6.54 Å². The molecule has 0 rings (SSSR count). The molecule has 2 N–H and O–H groups in total. The summed E-state index contributed by atoms with van der Waals surface area (Å²) in [7, 11) is 0. The van der Waals surface area contributed by atoms with Crippen LogP contribution in [0.25, 0.3) is 0 Å². The maximum atomic E-state index is 10.5. The van der Waals surface area contributed by atoms with E-state index in [-0.39, 0.29) is 13.1 Å². The van der Waals surface area contributed by atoms with Crippen LogP contribution in [0.3, 0.4) is 0 Å². The molecule has 0 saturated heterocycles. The lowest BCUT2D eigenvalue weighted by Crippen LogP contribution is -2.35. The molecule has 7 heteroatoms. The van der Waals surface area contributed by atoms with Crippen LogP contribution in [0.15, 0.2) is 0 Å². The normalized spacial score (nSPS) is 9.85. The highest BCUT2D eigenvalue weighted by atomic mass is 17.1. The summed E-state index contributed by atoms with van der Waals surface area (Å²) in [5, 5.41) is 15.9. The first kappa shape index (κ1) is 11.8. The standard InChI is InChI=1S/C6H11NO6/c1-2-7(3-5(8)12-10)4-6(9)13-11/h10-11H,2-4H2,1H3. The van der Waals surface area contributed by atoms with Crippen LogP contribution in [0.4, 0.5) is 0 Å². The van der Waals surface area contributed by atoms with Crippen molar-refractivity contribution in [1.82, 2.24) is 4.90 Å². The van der Waals surface area contributed by atoms with Crippen LogP contribution >= 0.6 is 0 Å². The SMILES string of the molecule is CCN(CC(=O)OO)CC(=O)OO. The van der Waals surface area contributed by atoms with Crippen LogP contribution in [-0.4, -0.2) is 47.0 Å². The fourth-order valence-corrected chi connectivity index (χ4v) is 0.702. The third kappa shape index (κ3) is 5.12. The van der Waals surface area contributed by atoms with Gasteiger partial charge in [0.15, 0.2) is 0 Å². The number of carbonyl (C=O) groups is 2. The Morgan fingerprint density at radius 1 is 1.15 bits per heavy atom. The van der Waals surface area contributed by atoms with Gasteiger partial charge in [0.1, 0.15) is 13.1 Å². The van der Waals surface area contributed by atoms with Crippen molar-refractivity contribution >= 4 is 11.9 Å². The Balaban J connectivity index is 3.89. The van der Waals surface area contributed by atoms with Crippen LogP contribution in [-0.2, 0) is 19.4 Å². The van der Waals surface area contributed by atoms with Crippen molar-refractivity contribution in [1.29, 1.82) is 0 Å². The lowest BCUT2D eigenvalue weighted by atomic mass is 10.4. The Morgan fingerprint density at radius 2 is 1.54 bits per heavy atom. The van der Waals surface area contributed by atoms with E-state index in [9.17, 15) is 9.59 Å². The van der Waals surface area contributed by atoms with E-state index in [1.807, 2.05) is 0 Å². The summed E-state index contributed by atoms with van der Waals surface area (Å²) >= 11 is 0. The average Bonchev–Trinajstić information content (AvgIpc) is 2.16. The van der Waals surface area contributed by atoms with Crippen molar-refractivity contribution in [3.8, 4) is 0 Å². The van der Waals surface area contributed by atoms with Crippen molar-refractivity contribution < 1.29 is 29.9 Å². The molecule has 0 spiro atoms. The molecule has 0 aliphatic carbocycles. The van der Waals surface area contributed by atoms with Gasteiger partial charge in [-0.3, -0.25) is 14.7 Å². The summed E-state index contributed by atoms with van der Waals surface area (Å²) in [5.74, 6) is -1.76. The van der Waals surface area contributed by atoms with E-state index in [4.69, 9.17) is 10.5 Å². The van der Waals surface area contributed by atoms with Crippen LogP contribution in [0.5, 0.6) is 0 Å². The van der Waals surface area contributed by atoms with Gasteiger partial charge in [0.05, 0.1) is 0 Å². The minimum Gasteiger partial charge on any atom is -0.300 e. The van der Waals surface area contributed by atoms with Gasteiger partial charge in [0, 0.05) is 0 Å². The van der Waals surface area contributed by atoms with Gasteiger partial charge in [-0.25, -0.2) is 9.59 Å². The van der Waals surface area contributed by atoms with Crippen LogP contribution in [0, 0.1) is 0 Å². The zero-order valence-electron chi connectivity index (χ0n) is 7.10. The molecule has 13 heavy (non-hydrogen) atoms. The van der Waals surface area contributed by atoms with Gasteiger partial charge in [0.2, 0.25) is 0 Å². The van der Waals surface area contributed by atoms with Crippen molar-refractivity contribution in [2.75, 3.05) is 19.6 Å². The Labute approximate surface area is 74.3 Å². The predicted octanol–water partition coefficient (Wildman–Crippen LogP) is -0.659. The molecule has 0 bridgehead atoms. The van der Waals surface area contributed by atoms with Crippen LogP contribution < -0.4 is 0 Å². The minimum atomic E-state index is -0.882. The second-order valence-electron chi connectivity index (χ2n) is 2.23. The third-order valence-corrected chi connectivity index (χ3v) is 1.36. The lowest BCUT2D eigenvalue weighted by molar-refractivity contribution is -0.239. The summed E-state index contributed by atoms with van der Waals surface area (Å²) in [6.45, 7) is 1.57. The van der Waals surface area contributed by atoms with Gasteiger partial charge >= 0.3 is 11.9 Å². The molecule has 76 valence electrons. The number of hydrogen-bond acceptors (Lipinski definition) is 7.